The van der Waals surface area contributed by atoms with E-state index in [2.05, 4.69) is 0 Å². The van der Waals surface area contributed by atoms with Gasteiger partial charge in [0.25, 0.3) is 0 Å². The average Bonchev–Trinajstić information content (AvgIpc) is 3.11. The van der Waals surface area contributed by atoms with Crippen molar-refractivity contribution in [3.05, 3.63) is 46.2 Å². The zero-order valence-electron chi connectivity index (χ0n) is 15.5. The third-order valence-corrected chi connectivity index (χ3v) is 6.66. The molecule has 0 bridgehead atoms. The number of rotatable bonds is 4. The molecule has 146 valence electrons. The van der Waals surface area contributed by atoms with Crippen molar-refractivity contribution in [3.63, 3.8) is 0 Å². The van der Waals surface area contributed by atoms with Crippen LogP contribution in [0.5, 0.6) is 11.5 Å². The molecule has 2 aromatic rings. The van der Waals surface area contributed by atoms with E-state index in [0.717, 1.165) is 28.4 Å². The highest BCUT2D eigenvalue weighted by atomic mass is 32.1. The molecule has 1 aliphatic carbocycles. The summed E-state index contributed by atoms with van der Waals surface area (Å²) in [6.07, 6.45) is 1.34. The number of nitrogens with zero attached hydrogens (tertiary/aromatic N) is 2. The Morgan fingerprint density at radius 2 is 1.82 bits per heavy atom. The fourth-order valence-corrected chi connectivity index (χ4v) is 4.76. The molecule has 1 aromatic carbocycles. The predicted molar refractivity (Wildman–Crippen MR) is 105 cm³/mol. The van der Waals surface area contributed by atoms with Crippen molar-refractivity contribution in [2.24, 2.45) is 5.92 Å². The van der Waals surface area contributed by atoms with Crippen molar-refractivity contribution >= 4 is 23.2 Å². The summed E-state index contributed by atoms with van der Waals surface area (Å²) in [4.78, 5) is 30.2. The van der Waals surface area contributed by atoms with E-state index in [0.29, 0.717) is 32.6 Å². The summed E-state index contributed by atoms with van der Waals surface area (Å²) in [6.45, 7) is 2.76. The van der Waals surface area contributed by atoms with Gasteiger partial charge in [0.1, 0.15) is 0 Å². The molecule has 3 aliphatic rings. The number of thiophene rings is 1. The van der Waals surface area contributed by atoms with Crippen molar-refractivity contribution in [2.45, 2.75) is 18.8 Å². The van der Waals surface area contributed by atoms with Gasteiger partial charge in [-0.1, -0.05) is 12.1 Å². The molecule has 0 N–H and O–H groups in total. The number of carbonyl (C=O) groups excluding carboxylic acids is 2. The first kappa shape index (κ1) is 17.6. The van der Waals surface area contributed by atoms with Crippen LogP contribution in [-0.2, 0) is 16.0 Å². The maximum atomic E-state index is 12.9. The van der Waals surface area contributed by atoms with Crippen LogP contribution in [0.15, 0.2) is 35.7 Å². The van der Waals surface area contributed by atoms with E-state index in [4.69, 9.17) is 9.47 Å². The normalized spacial score (nSPS) is 23.0. The van der Waals surface area contributed by atoms with Crippen LogP contribution in [0.4, 0.5) is 0 Å². The van der Waals surface area contributed by atoms with Gasteiger partial charge < -0.3 is 19.3 Å². The molecule has 2 fully saturated rings. The highest BCUT2D eigenvalue weighted by molar-refractivity contribution is 7.10. The fraction of sp³-hybridized carbons (Fsp3) is 0.429. The van der Waals surface area contributed by atoms with Crippen LogP contribution in [0, 0.1) is 5.92 Å². The molecule has 2 amide bonds. The molecule has 2 aliphatic heterocycles. The quantitative estimate of drug-likeness (QED) is 0.794. The van der Waals surface area contributed by atoms with Gasteiger partial charge in [-0.3, -0.25) is 9.59 Å². The van der Waals surface area contributed by atoms with E-state index < -0.39 is 0 Å². The van der Waals surface area contributed by atoms with Gasteiger partial charge in [0.2, 0.25) is 18.6 Å². The van der Waals surface area contributed by atoms with Crippen molar-refractivity contribution in [3.8, 4) is 11.5 Å². The van der Waals surface area contributed by atoms with Gasteiger partial charge >= 0.3 is 0 Å². The summed E-state index contributed by atoms with van der Waals surface area (Å²) in [5, 5.41) is 1.99. The molecule has 3 heterocycles. The smallest absolute Gasteiger partial charge is 0.231 e. The zero-order valence-corrected chi connectivity index (χ0v) is 16.3. The largest absolute Gasteiger partial charge is 0.454 e. The number of benzene rings is 1. The van der Waals surface area contributed by atoms with Gasteiger partial charge in [-0.2, -0.15) is 0 Å². The van der Waals surface area contributed by atoms with Gasteiger partial charge in [-0.15, -0.1) is 11.3 Å². The lowest BCUT2D eigenvalue weighted by molar-refractivity contribution is -0.140. The van der Waals surface area contributed by atoms with Crippen molar-refractivity contribution < 1.29 is 19.1 Å². The van der Waals surface area contributed by atoms with Crippen molar-refractivity contribution in [2.75, 3.05) is 33.0 Å². The lowest BCUT2D eigenvalue weighted by atomic mass is 10.1. The van der Waals surface area contributed by atoms with Crippen molar-refractivity contribution in [1.82, 2.24) is 9.80 Å². The van der Waals surface area contributed by atoms with E-state index >= 15 is 0 Å². The number of carbonyl (C=O) groups is 2. The van der Waals surface area contributed by atoms with E-state index in [1.165, 1.54) is 0 Å². The van der Waals surface area contributed by atoms with E-state index in [-0.39, 0.29) is 30.4 Å². The maximum Gasteiger partial charge on any atom is 0.231 e. The Kier molecular flexibility index (Phi) is 4.47. The first-order valence-electron chi connectivity index (χ1n) is 9.67. The van der Waals surface area contributed by atoms with Gasteiger partial charge in [-0.25, -0.2) is 0 Å². The Balaban J connectivity index is 1.14. The average molecular weight is 398 g/mol. The number of ether oxygens (including phenoxy) is 2. The summed E-state index contributed by atoms with van der Waals surface area (Å²) < 4.78 is 10.8. The maximum absolute atomic E-state index is 12.9. The third kappa shape index (κ3) is 3.35. The highest BCUT2D eigenvalue weighted by Crippen LogP contribution is 2.50. The molecular weight excluding hydrogens is 376 g/mol. The van der Waals surface area contributed by atoms with Gasteiger partial charge in [0.05, 0.1) is 6.42 Å². The van der Waals surface area contributed by atoms with Crippen LogP contribution in [0.25, 0.3) is 0 Å². The molecule has 2 atom stereocenters. The number of piperazine rings is 1. The Hall–Kier alpha value is -2.54. The standard InChI is InChI=1S/C21H22N2O4S/c24-20(11-15-2-1-9-28-15)22-5-7-23(8-6-22)21(25)17-12-16(17)14-3-4-18-19(10-14)27-13-26-18/h1-4,9-10,16-17H,5-8,11-13H2/t16-,17-/m0/s1. The van der Waals surface area contributed by atoms with Crippen LogP contribution in [0.2, 0.25) is 0 Å². The third-order valence-electron chi connectivity index (χ3n) is 5.78. The Labute approximate surface area is 167 Å². The Morgan fingerprint density at radius 1 is 1.04 bits per heavy atom. The molecule has 0 radical (unpaired) electrons. The van der Waals surface area contributed by atoms with Gasteiger partial charge in [-0.05, 0) is 41.5 Å². The van der Waals surface area contributed by atoms with Gasteiger partial charge in [0.15, 0.2) is 11.5 Å². The van der Waals surface area contributed by atoms with Crippen LogP contribution in [-0.4, -0.2) is 54.6 Å². The highest BCUT2D eigenvalue weighted by Gasteiger charge is 2.46. The van der Waals surface area contributed by atoms with Crippen LogP contribution < -0.4 is 9.47 Å². The molecular formula is C21H22N2O4S. The molecule has 1 saturated heterocycles. The minimum Gasteiger partial charge on any atom is -0.454 e. The first-order valence-corrected chi connectivity index (χ1v) is 10.6. The second-order valence-corrected chi connectivity index (χ2v) is 8.56. The lowest BCUT2D eigenvalue weighted by Gasteiger charge is -2.35. The van der Waals surface area contributed by atoms with Crippen LogP contribution in [0.1, 0.15) is 22.8 Å². The van der Waals surface area contributed by atoms with E-state index in [1.54, 1.807) is 11.3 Å². The van der Waals surface area contributed by atoms with Crippen molar-refractivity contribution in [1.29, 1.82) is 0 Å². The lowest BCUT2D eigenvalue weighted by Crippen LogP contribution is -2.51. The SMILES string of the molecule is O=C(Cc1cccs1)N1CCN(C(=O)[C@H]2C[C@H]2c2ccc3c(c2)OCO3)CC1. The molecule has 6 nitrogen and oxygen atoms in total. The second kappa shape index (κ2) is 7.13. The zero-order chi connectivity index (χ0) is 19.1. The molecule has 28 heavy (non-hydrogen) atoms. The number of hydrogen-bond donors (Lipinski definition) is 0. The monoisotopic (exact) mass is 398 g/mol. The van der Waals surface area contributed by atoms with Crippen LogP contribution in [0.3, 0.4) is 0 Å². The number of amides is 2. The first-order chi connectivity index (χ1) is 13.7. The van der Waals surface area contributed by atoms with E-state index in [1.807, 2.05) is 45.5 Å². The molecule has 1 aromatic heterocycles. The number of fused-ring (bicyclic) bond motifs is 1. The second-order valence-electron chi connectivity index (χ2n) is 7.52. The topological polar surface area (TPSA) is 59.1 Å². The Bertz CT molecular complexity index is 890. The molecule has 5 rings (SSSR count). The van der Waals surface area contributed by atoms with Crippen LogP contribution >= 0.6 is 11.3 Å². The summed E-state index contributed by atoms with van der Waals surface area (Å²) >= 11 is 1.61. The summed E-state index contributed by atoms with van der Waals surface area (Å²) in [7, 11) is 0. The molecule has 0 spiro atoms. The van der Waals surface area contributed by atoms with E-state index in [9.17, 15) is 9.59 Å². The molecule has 1 saturated carbocycles. The molecule has 7 heteroatoms. The predicted octanol–water partition coefficient (Wildman–Crippen LogP) is 2.49. The number of hydrogen-bond acceptors (Lipinski definition) is 5. The minimum atomic E-state index is 0.0498. The fourth-order valence-electron chi connectivity index (χ4n) is 4.06. The minimum absolute atomic E-state index is 0.0498. The summed E-state index contributed by atoms with van der Waals surface area (Å²) in [5.41, 5.74) is 1.15. The Morgan fingerprint density at radius 3 is 2.61 bits per heavy atom. The molecule has 0 unspecified atom stereocenters. The van der Waals surface area contributed by atoms with Gasteiger partial charge in [0, 0.05) is 37.0 Å². The summed E-state index contributed by atoms with van der Waals surface area (Å²) in [6, 6.07) is 9.92. The summed E-state index contributed by atoms with van der Waals surface area (Å²) in [5.74, 6) is 2.23.